The number of carbonyl (C=O) groups excluding carboxylic acids is 1. The fraction of sp³-hybridized carbons (Fsp3) is 0.231. The molecular formula is C13H14ClN3O. The van der Waals surface area contributed by atoms with Gasteiger partial charge in [-0.25, -0.2) is 0 Å². The quantitative estimate of drug-likeness (QED) is 0.890. The minimum absolute atomic E-state index is 0.165. The lowest BCUT2D eigenvalue weighted by Gasteiger charge is -2.03. The zero-order valence-corrected chi connectivity index (χ0v) is 10.8. The Morgan fingerprint density at radius 3 is 2.94 bits per heavy atom. The number of aryl methyl sites for hydroxylation is 1. The molecule has 0 fully saturated rings. The average Bonchev–Trinajstić information content (AvgIpc) is 2.76. The molecule has 2 N–H and O–H groups in total. The first-order valence-corrected chi connectivity index (χ1v) is 6.07. The van der Waals surface area contributed by atoms with Crippen molar-refractivity contribution in [2.24, 2.45) is 0 Å². The molecule has 1 amide bonds. The number of amides is 1. The van der Waals surface area contributed by atoms with Crippen molar-refractivity contribution in [1.82, 2.24) is 15.5 Å². The SMILES string of the molecule is Cc1cc(C(=O)NCCc2cccc(Cl)c2)n[nH]1. The third kappa shape index (κ3) is 3.34. The minimum Gasteiger partial charge on any atom is -0.350 e. The van der Waals surface area contributed by atoms with Crippen LogP contribution in [0.5, 0.6) is 0 Å². The van der Waals surface area contributed by atoms with Crippen LogP contribution in [-0.2, 0) is 6.42 Å². The fourth-order valence-electron chi connectivity index (χ4n) is 1.64. The molecule has 2 aromatic rings. The molecule has 0 aliphatic rings. The van der Waals surface area contributed by atoms with Gasteiger partial charge in [0.1, 0.15) is 5.69 Å². The lowest BCUT2D eigenvalue weighted by molar-refractivity contribution is 0.0949. The van der Waals surface area contributed by atoms with Gasteiger partial charge in [0, 0.05) is 17.3 Å². The summed E-state index contributed by atoms with van der Waals surface area (Å²) in [6.45, 7) is 2.42. The van der Waals surface area contributed by atoms with E-state index in [1.165, 1.54) is 0 Å². The molecule has 0 bridgehead atoms. The first-order valence-electron chi connectivity index (χ1n) is 5.70. The summed E-state index contributed by atoms with van der Waals surface area (Å²) < 4.78 is 0. The highest BCUT2D eigenvalue weighted by molar-refractivity contribution is 6.30. The number of hydrogen-bond donors (Lipinski definition) is 2. The van der Waals surface area contributed by atoms with Gasteiger partial charge in [-0.05, 0) is 37.1 Å². The molecule has 0 aliphatic carbocycles. The molecule has 94 valence electrons. The van der Waals surface area contributed by atoms with E-state index in [4.69, 9.17) is 11.6 Å². The first-order chi connectivity index (χ1) is 8.65. The Morgan fingerprint density at radius 1 is 1.44 bits per heavy atom. The van der Waals surface area contributed by atoms with Gasteiger partial charge in [-0.2, -0.15) is 5.10 Å². The van der Waals surface area contributed by atoms with Gasteiger partial charge in [0.2, 0.25) is 0 Å². The summed E-state index contributed by atoms with van der Waals surface area (Å²) in [6, 6.07) is 9.32. The molecule has 18 heavy (non-hydrogen) atoms. The number of aromatic amines is 1. The Hall–Kier alpha value is -1.81. The molecule has 4 nitrogen and oxygen atoms in total. The van der Waals surface area contributed by atoms with E-state index in [1.54, 1.807) is 6.07 Å². The van der Waals surface area contributed by atoms with Gasteiger partial charge in [0.25, 0.3) is 5.91 Å². The highest BCUT2D eigenvalue weighted by atomic mass is 35.5. The van der Waals surface area contributed by atoms with Gasteiger partial charge in [0.05, 0.1) is 0 Å². The number of carbonyl (C=O) groups is 1. The number of nitrogens with zero attached hydrogens (tertiary/aromatic N) is 1. The van der Waals surface area contributed by atoms with Crippen LogP contribution in [0.4, 0.5) is 0 Å². The van der Waals surface area contributed by atoms with Crippen LogP contribution in [0.2, 0.25) is 5.02 Å². The zero-order valence-electron chi connectivity index (χ0n) is 10.0. The van der Waals surface area contributed by atoms with Gasteiger partial charge < -0.3 is 5.32 Å². The summed E-state index contributed by atoms with van der Waals surface area (Å²) in [6.07, 6.45) is 0.746. The topological polar surface area (TPSA) is 57.8 Å². The number of hydrogen-bond acceptors (Lipinski definition) is 2. The molecular weight excluding hydrogens is 250 g/mol. The summed E-state index contributed by atoms with van der Waals surface area (Å²) in [4.78, 5) is 11.7. The standard InChI is InChI=1S/C13H14ClN3O/c1-9-7-12(17-16-9)13(18)15-6-5-10-3-2-4-11(14)8-10/h2-4,7-8H,5-6H2,1H3,(H,15,18)(H,16,17). The Balaban J connectivity index is 1.84. The second kappa shape index (κ2) is 5.69. The summed E-state index contributed by atoms with van der Waals surface area (Å²) in [5, 5.41) is 10.2. The molecule has 0 saturated carbocycles. The molecule has 2 rings (SSSR count). The Morgan fingerprint density at radius 2 is 2.28 bits per heavy atom. The van der Waals surface area contributed by atoms with E-state index in [9.17, 15) is 4.79 Å². The highest BCUT2D eigenvalue weighted by Crippen LogP contribution is 2.10. The lowest BCUT2D eigenvalue weighted by Crippen LogP contribution is -2.26. The van der Waals surface area contributed by atoms with Crippen LogP contribution >= 0.6 is 11.6 Å². The Kier molecular flexibility index (Phi) is 3.99. The second-order valence-electron chi connectivity index (χ2n) is 4.07. The van der Waals surface area contributed by atoms with Crippen molar-refractivity contribution in [3.8, 4) is 0 Å². The number of halogens is 1. The van der Waals surface area contributed by atoms with Gasteiger partial charge in [0.15, 0.2) is 0 Å². The van der Waals surface area contributed by atoms with Crippen molar-refractivity contribution in [3.05, 3.63) is 52.3 Å². The largest absolute Gasteiger partial charge is 0.350 e. The second-order valence-corrected chi connectivity index (χ2v) is 4.51. The van der Waals surface area contributed by atoms with Gasteiger partial charge in [-0.15, -0.1) is 0 Å². The number of aromatic nitrogens is 2. The minimum atomic E-state index is -0.165. The van der Waals surface area contributed by atoms with E-state index < -0.39 is 0 Å². The van der Waals surface area contributed by atoms with Crippen LogP contribution in [0, 0.1) is 6.92 Å². The van der Waals surface area contributed by atoms with E-state index >= 15 is 0 Å². The van der Waals surface area contributed by atoms with E-state index in [2.05, 4.69) is 15.5 Å². The normalized spacial score (nSPS) is 10.3. The van der Waals surface area contributed by atoms with E-state index in [-0.39, 0.29) is 5.91 Å². The maximum absolute atomic E-state index is 11.7. The van der Waals surface area contributed by atoms with Crippen LogP contribution in [0.3, 0.4) is 0 Å². The predicted octanol–water partition coefficient (Wildman–Crippen LogP) is 2.34. The average molecular weight is 264 g/mol. The van der Waals surface area contributed by atoms with Crippen molar-refractivity contribution in [2.45, 2.75) is 13.3 Å². The summed E-state index contributed by atoms with van der Waals surface area (Å²) in [7, 11) is 0. The molecule has 0 aliphatic heterocycles. The fourth-order valence-corrected chi connectivity index (χ4v) is 1.85. The smallest absolute Gasteiger partial charge is 0.271 e. The third-order valence-corrected chi connectivity index (χ3v) is 2.76. The molecule has 0 radical (unpaired) electrons. The van der Waals surface area contributed by atoms with E-state index in [0.29, 0.717) is 17.3 Å². The van der Waals surface area contributed by atoms with Crippen LogP contribution < -0.4 is 5.32 Å². The van der Waals surface area contributed by atoms with Gasteiger partial charge in [-0.3, -0.25) is 9.89 Å². The Bertz CT molecular complexity index is 551. The first kappa shape index (κ1) is 12.6. The number of benzene rings is 1. The van der Waals surface area contributed by atoms with E-state index in [1.807, 2.05) is 31.2 Å². The highest BCUT2D eigenvalue weighted by Gasteiger charge is 2.07. The predicted molar refractivity (Wildman–Crippen MR) is 70.8 cm³/mol. The monoisotopic (exact) mass is 263 g/mol. The molecule has 1 aromatic heterocycles. The molecule has 0 spiro atoms. The van der Waals surface area contributed by atoms with E-state index in [0.717, 1.165) is 17.7 Å². The molecule has 0 saturated heterocycles. The summed E-state index contributed by atoms with van der Waals surface area (Å²) in [5.74, 6) is -0.165. The molecule has 0 atom stereocenters. The van der Waals surface area contributed by atoms with Crippen molar-refractivity contribution < 1.29 is 4.79 Å². The van der Waals surface area contributed by atoms with Crippen LogP contribution in [0.1, 0.15) is 21.7 Å². The van der Waals surface area contributed by atoms with Crippen LogP contribution in [0.25, 0.3) is 0 Å². The van der Waals surface area contributed by atoms with Crippen molar-refractivity contribution in [1.29, 1.82) is 0 Å². The Labute approximate surface area is 110 Å². The molecule has 0 unspecified atom stereocenters. The molecule has 1 heterocycles. The number of H-pyrrole nitrogens is 1. The lowest BCUT2D eigenvalue weighted by atomic mass is 10.1. The zero-order chi connectivity index (χ0) is 13.0. The molecule has 1 aromatic carbocycles. The maximum atomic E-state index is 11.7. The third-order valence-electron chi connectivity index (χ3n) is 2.53. The van der Waals surface area contributed by atoms with Gasteiger partial charge in [-0.1, -0.05) is 23.7 Å². The maximum Gasteiger partial charge on any atom is 0.271 e. The van der Waals surface area contributed by atoms with Crippen molar-refractivity contribution in [3.63, 3.8) is 0 Å². The van der Waals surface area contributed by atoms with Gasteiger partial charge >= 0.3 is 0 Å². The number of nitrogens with one attached hydrogen (secondary N) is 2. The number of rotatable bonds is 4. The van der Waals surface area contributed by atoms with Crippen molar-refractivity contribution in [2.75, 3.05) is 6.54 Å². The summed E-state index contributed by atoms with van der Waals surface area (Å²) in [5.41, 5.74) is 2.38. The molecule has 5 heteroatoms. The van der Waals surface area contributed by atoms with Crippen LogP contribution in [-0.4, -0.2) is 22.6 Å². The summed E-state index contributed by atoms with van der Waals surface area (Å²) >= 11 is 5.88. The van der Waals surface area contributed by atoms with Crippen molar-refractivity contribution >= 4 is 17.5 Å². The van der Waals surface area contributed by atoms with Crippen LogP contribution in [0.15, 0.2) is 30.3 Å².